The molecule has 5 atom stereocenters. The third kappa shape index (κ3) is 5.24. The Balaban J connectivity index is 1.31. The standard InChI is InChI=1S/C20H29N5O6S2/c26-8-11-3-1-5-24(11)19(30)13(22-17(28)12-7-16(27)21-12)9-32-33-10-14-20(31)25-6-2-4-15(25)18(29)23-14/h11-15,26H,1-10H2,(H,21,27)(H,22,28)(H,23,29)/t11-,12?,13+,14+,15?/m1/s1. The van der Waals surface area contributed by atoms with E-state index in [0.29, 0.717) is 31.7 Å². The van der Waals surface area contributed by atoms with E-state index in [0.717, 1.165) is 12.8 Å². The zero-order chi connectivity index (χ0) is 23.5. The van der Waals surface area contributed by atoms with E-state index >= 15 is 0 Å². The van der Waals surface area contributed by atoms with Gasteiger partial charge in [0.15, 0.2) is 0 Å². The van der Waals surface area contributed by atoms with Crippen LogP contribution in [-0.4, -0.2) is 106 Å². The van der Waals surface area contributed by atoms with E-state index in [1.807, 2.05) is 0 Å². The number of rotatable bonds is 9. The molecule has 4 saturated heterocycles. The number of carbonyl (C=O) groups excluding carboxylic acids is 5. The zero-order valence-corrected chi connectivity index (χ0v) is 19.8. The fraction of sp³-hybridized carbons (Fsp3) is 0.750. The molecule has 4 rings (SSSR count). The Hall–Kier alpha value is -1.99. The van der Waals surface area contributed by atoms with Gasteiger partial charge in [-0.1, -0.05) is 21.6 Å². The largest absolute Gasteiger partial charge is 0.394 e. The minimum atomic E-state index is -0.820. The monoisotopic (exact) mass is 499 g/mol. The second-order valence-electron chi connectivity index (χ2n) is 8.72. The first-order valence-corrected chi connectivity index (χ1v) is 13.7. The molecule has 182 valence electrons. The number of fused-ring (bicyclic) bond motifs is 1. The molecular weight excluding hydrogens is 470 g/mol. The molecule has 0 aromatic heterocycles. The Kier molecular flexibility index (Phi) is 7.69. The number of nitrogens with one attached hydrogen (secondary N) is 3. The van der Waals surface area contributed by atoms with Crippen molar-refractivity contribution in [3.8, 4) is 0 Å². The third-order valence-corrected chi connectivity index (χ3v) is 8.95. The lowest BCUT2D eigenvalue weighted by molar-refractivity contribution is -0.146. The van der Waals surface area contributed by atoms with Crippen LogP contribution in [0.5, 0.6) is 0 Å². The number of carbonyl (C=O) groups is 5. The molecule has 0 saturated carbocycles. The maximum absolute atomic E-state index is 13.1. The molecule has 5 amide bonds. The first kappa shape index (κ1) is 24.1. The molecule has 4 aliphatic rings. The first-order valence-electron chi connectivity index (χ1n) is 11.3. The average molecular weight is 500 g/mol. The summed E-state index contributed by atoms with van der Waals surface area (Å²) in [7, 11) is 2.71. The predicted molar refractivity (Wildman–Crippen MR) is 122 cm³/mol. The van der Waals surface area contributed by atoms with Gasteiger partial charge in [0.25, 0.3) is 0 Å². The van der Waals surface area contributed by atoms with Gasteiger partial charge in [0, 0.05) is 24.6 Å². The highest BCUT2D eigenvalue weighted by Crippen LogP contribution is 2.28. The molecule has 4 N–H and O–H groups in total. The smallest absolute Gasteiger partial charge is 0.246 e. The van der Waals surface area contributed by atoms with Gasteiger partial charge < -0.3 is 30.9 Å². The molecule has 11 nitrogen and oxygen atoms in total. The summed E-state index contributed by atoms with van der Waals surface area (Å²) in [6.45, 7) is 0.995. The van der Waals surface area contributed by atoms with Crippen molar-refractivity contribution in [2.45, 2.75) is 62.3 Å². The minimum Gasteiger partial charge on any atom is -0.394 e. The number of hydrogen-bond donors (Lipinski definition) is 4. The first-order chi connectivity index (χ1) is 15.9. The molecule has 0 spiro atoms. The Bertz CT molecular complexity index is 821. The Labute approximate surface area is 199 Å². The highest BCUT2D eigenvalue weighted by molar-refractivity contribution is 8.76. The highest BCUT2D eigenvalue weighted by Gasteiger charge is 2.43. The van der Waals surface area contributed by atoms with Crippen molar-refractivity contribution in [1.82, 2.24) is 25.8 Å². The van der Waals surface area contributed by atoms with Gasteiger partial charge in [-0.25, -0.2) is 0 Å². The van der Waals surface area contributed by atoms with Crippen LogP contribution >= 0.6 is 21.6 Å². The molecule has 0 radical (unpaired) electrons. The number of nitrogens with zero attached hydrogens (tertiary/aromatic N) is 2. The molecule has 33 heavy (non-hydrogen) atoms. The SMILES string of the molecule is O=C1CC(C(=O)N[C@@H](CSSC[C@@H]2NC(=O)C3CCCN3C2=O)C(=O)N2CCC[C@@H]2CO)N1. The third-order valence-electron chi connectivity index (χ3n) is 6.53. The van der Waals surface area contributed by atoms with Crippen molar-refractivity contribution >= 4 is 51.1 Å². The number of aliphatic hydroxyl groups excluding tert-OH is 1. The van der Waals surface area contributed by atoms with Crippen molar-refractivity contribution in [3.05, 3.63) is 0 Å². The molecule has 4 fully saturated rings. The van der Waals surface area contributed by atoms with E-state index in [1.165, 1.54) is 21.6 Å². The lowest BCUT2D eigenvalue weighted by Gasteiger charge is -2.34. The van der Waals surface area contributed by atoms with Crippen LogP contribution < -0.4 is 16.0 Å². The van der Waals surface area contributed by atoms with E-state index in [-0.39, 0.29) is 54.5 Å². The molecule has 2 unspecified atom stereocenters. The number of amides is 5. The van der Waals surface area contributed by atoms with Crippen LogP contribution in [-0.2, 0) is 24.0 Å². The van der Waals surface area contributed by atoms with E-state index in [2.05, 4.69) is 16.0 Å². The van der Waals surface area contributed by atoms with Gasteiger partial charge in [-0.15, -0.1) is 0 Å². The quantitative estimate of drug-likeness (QED) is 0.165. The van der Waals surface area contributed by atoms with Gasteiger partial charge in [-0.05, 0) is 25.7 Å². The van der Waals surface area contributed by atoms with E-state index in [9.17, 15) is 29.1 Å². The van der Waals surface area contributed by atoms with E-state index in [1.54, 1.807) is 9.80 Å². The summed E-state index contributed by atoms with van der Waals surface area (Å²) in [6.07, 6.45) is 3.12. The Morgan fingerprint density at radius 3 is 2.61 bits per heavy atom. The maximum Gasteiger partial charge on any atom is 0.246 e. The van der Waals surface area contributed by atoms with Gasteiger partial charge in [0.05, 0.1) is 19.1 Å². The summed E-state index contributed by atoms with van der Waals surface area (Å²) in [5, 5.41) is 17.6. The molecular formula is C20H29N5O6S2. The van der Waals surface area contributed by atoms with Gasteiger partial charge in [-0.2, -0.15) is 0 Å². The van der Waals surface area contributed by atoms with Crippen molar-refractivity contribution in [2.24, 2.45) is 0 Å². The fourth-order valence-corrected chi connectivity index (χ4v) is 6.97. The van der Waals surface area contributed by atoms with E-state index < -0.39 is 24.0 Å². The van der Waals surface area contributed by atoms with Gasteiger partial charge >= 0.3 is 0 Å². The fourth-order valence-electron chi connectivity index (χ4n) is 4.66. The predicted octanol–water partition coefficient (Wildman–Crippen LogP) is -1.79. The summed E-state index contributed by atoms with van der Waals surface area (Å²) in [6, 6.07) is -2.67. The Morgan fingerprint density at radius 2 is 1.88 bits per heavy atom. The average Bonchev–Trinajstić information content (AvgIpc) is 3.46. The zero-order valence-electron chi connectivity index (χ0n) is 18.2. The number of β-lactam (4-membered cyclic amide) rings is 1. The van der Waals surface area contributed by atoms with Crippen molar-refractivity contribution < 1.29 is 29.1 Å². The Morgan fingerprint density at radius 1 is 1.12 bits per heavy atom. The molecule has 0 aliphatic carbocycles. The van der Waals surface area contributed by atoms with Crippen LogP contribution in [0.2, 0.25) is 0 Å². The normalized spacial score (nSPS) is 29.8. The minimum absolute atomic E-state index is 0.0743. The second kappa shape index (κ2) is 10.5. The van der Waals surface area contributed by atoms with Gasteiger partial charge in [-0.3, -0.25) is 24.0 Å². The second-order valence-corrected chi connectivity index (χ2v) is 11.3. The number of piperazine rings is 1. The molecule has 0 aromatic rings. The summed E-state index contributed by atoms with van der Waals surface area (Å²) in [5.41, 5.74) is 0. The number of likely N-dealkylation sites (tertiary alicyclic amines) is 1. The van der Waals surface area contributed by atoms with Crippen LogP contribution in [0.1, 0.15) is 32.1 Å². The molecule has 0 aromatic carbocycles. The molecule has 13 heteroatoms. The van der Waals surface area contributed by atoms with Crippen LogP contribution in [0.25, 0.3) is 0 Å². The highest BCUT2D eigenvalue weighted by atomic mass is 33.1. The summed E-state index contributed by atoms with van der Waals surface area (Å²) in [5.74, 6) is -0.457. The topological polar surface area (TPSA) is 148 Å². The molecule has 4 heterocycles. The molecule has 0 bridgehead atoms. The summed E-state index contributed by atoms with van der Waals surface area (Å²) < 4.78 is 0. The van der Waals surface area contributed by atoms with Crippen molar-refractivity contribution in [2.75, 3.05) is 31.2 Å². The lowest BCUT2D eigenvalue weighted by Crippen LogP contribution is -2.61. The van der Waals surface area contributed by atoms with Crippen molar-refractivity contribution in [3.63, 3.8) is 0 Å². The van der Waals surface area contributed by atoms with Crippen LogP contribution in [0.3, 0.4) is 0 Å². The van der Waals surface area contributed by atoms with Crippen LogP contribution in [0.15, 0.2) is 0 Å². The van der Waals surface area contributed by atoms with Gasteiger partial charge in [0.2, 0.25) is 29.5 Å². The number of aliphatic hydroxyl groups is 1. The van der Waals surface area contributed by atoms with E-state index in [4.69, 9.17) is 0 Å². The number of hydrogen-bond acceptors (Lipinski definition) is 8. The van der Waals surface area contributed by atoms with Crippen LogP contribution in [0, 0.1) is 0 Å². The van der Waals surface area contributed by atoms with Crippen molar-refractivity contribution in [1.29, 1.82) is 0 Å². The summed E-state index contributed by atoms with van der Waals surface area (Å²) >= 11 is 0. The summed E-state index contributed by atoms with van der Waals surface area (Å²) in [4.78, 5) is 64.9. The maximum atomic E-state index is 13.1. The van der Waals surface area contributed by atoms with Crippen LogP contribution in [0.4, 0.5) is 0 Å². The van der Waals surface area contributed by atoms with Gasteiger partial charge in [0.1, 0.15) is 24.2 Å². The lowest BCUT2D eigenvalue weighted by atomic mass is 10.1. The molecule has 4 aliphatic heterocycles.